The lowest BCUT2D eigenvalue weighted by Gasteiger charge is -2.26. The van der Waals surface area contributed by atoms with Crippen LogP contribution in [-0.2, 0) is 13.6 Å². The molecule has 3 aromatic rings. The van der Waals surface area contributed by atoms with Gasteiger partial charge in [-0.05, 0) is 55.0 Å². The summed E-state index contributed by atoms with van der Waals surface area (Å²) < 4.78 is 8.36. The van der Waals surface area contributed by atoms with Crippen molar-refractivity contribution in [3.8, 4) is 11.6 Å². The van der Waals surface area contributed by atoms with Gasteiger partial charge < -0.3 is 10.5 Å². The van der Waals surface area contributed by atoms with Crippen molar-refractivity contribution in [3.05, 3.63) is 69.1 Å². The van der Waals surface area contributed by atoms with Crippen LogP contribution in [0, 0.1) is 11.8 Å². The number of pyridine rings is 1. The van der Waals surface area contributed by atoms with Crippen LogP contribution in [0.5, 0.6) is 11.6 Å². The zero-order valence-electron chi connectivity index (χ0n) is 18.3. The first-order chi connectivity index (χ1) is 15.4. The molecule has 2 heterocycles. The van der Waals surface area contributed by atoms with E-state index in [-0.39, 0.29) is 11.3 Å². The second-order valence-electron chi connectivity index (χ2n) is 8.44. The Balaban J connectivity index is 1.62. The van der Waals surface area contributed by atoms with Gasteiger partial charge in [0.25, 0.3) is 0 Å². The van der Waals surface area contributed by atoms with Crippen LogP contribution in [0.15, 0.2) is 57.0 Å². The molecule has 0 aliphatic heterocycles. The van der Waals surface area contributed by atoms with Gasteiger partial charge in [0.1, 0.15) is 11.6 Å². The number of benzene rings is 1. The summed E-state index contributed by atoms with van der Waals surface area (Å²) in [7, 11) is 1.47. The number of nitrogens with one attached hydrogen (secondary N) is 1. The van der Waals surface area contributed by atoms with Crippen molar-refractivity contribution in [2.45, 2.75) is 39.2 Å². The molecule has 0 bridgehead atoms. The molecule has 0 unspecified atom stereocenters. The van der Waals surface area contributed by atoms with E-state index in [9.17, 15) is 9.59 Å². The van der Waals surface area contributed by atoms with E-state index in [4.69, 9.17) is 10.5 Å². The van der Waals surface area contributed by atoms with Crippen molar-refractivity contribution < 1.29 is 4.74 Å². The van der Waals surface area contributed by atoms with Crippen molar-refractivity contribution in [1.82, 2.24) is 19.1 Å². The van der Waals surface area contributed by atoms with E-state index in [1.165, 1.54) is 7.05 Å². The first-order valence-electron chi connectivity index (χ1n) is 10.8. The number of hydrogen-bond donors (Lipinski definition) is 2. The minimum atomic E-state index is -0.491. The van der Waals surface area contributed by atoms with Crippen LogP contribution in [0.3, 0.4) is 0 Å². The molecule has 1 fully saturated rings. The van der Waals surface area contributed by atoms with E-state index >= 15 is 0 Å². The Hall–Kier alpha value is -3.62. The summed E-state index contributed by atoms with van der Waals surface area (Å²) in [5.41, 5.74) is 5.67. The van der Waals surface area contributed by atoms with Gasteiger partial charge in [-0.25, -0.2) is 19.1 Å². The Bertz CT molecular complexity index is 1260. The summed E-state index contributed by atoms with van der Waals surface area (Å²) in [5, 5.41) is 0. The second-order valence-corrected chi connectivity index (χ2v) is 8.44. The van der Waals surface area contributed by atoms with Gasteiger partial charge in [-0.1, -0.05) is 25.8 Å². The fourth-order valence-corrected chi connectivity index (χ4v) is 3.95. The average Bonchev–Trinajstić information content (AvgIpc) is 2.78. The standard InChI is InChI=1S/C23H28N6O3/c1-15-6-8-16(9-7-15)14-29-21(27-22(30)28(2)23(29)31)25-17-10-12-18(13-11-17)32-20-5-3-4-19(24)26-20/h3-5,10-13,15-16H,6-9,14H2,1-2H3,(H2,24,26)(H,25,27,30)/t15-,16-. The number of aromatic nitrogens is 4. The smallest absolute Gasteiger partial charge is 0.334 e. The zero-order chi connectivity index (χ0) is 22.7. The Morgan fingerprint density at radius 1 is 1.12 bits per heavy atom. The second kappa shape index (κ2) is 9.25. The quantitative estimate of drug-likeness (QED) is 0.637. The topological polar surface area (TPSA) is 120 Å². The molecule has 1 saturated carbocycles. The molecule has 1 aliphatic carbocycles. The molecule has 0 radical (unpaired) electrons. The van der Waals surface area contributed by atoms with E-state index in [0.29, 0.717) is 35.6 Å². The van der Waals surface area contributed by atoms with Gasteiger partial charge in [0.2, 0.25) is 11.5 Å². The van der Waals surface area contributed by atoms with Crippen molar-refractivity contribution >= 4 is 11.5 Å². The van der Waals surface area contributed by atoms with Gasteiger partial charge >= 0.3 is 11.4 Å². The number of H-pyrrole nitrogens is 1. The van der Waals surface area contributed by atoms with Crippen molar-refractivity contribution in [3.63, 3.8) is 0 Å². The SMILES string of the molecule is Cn1c(=O)[nH]/c(=N\c2ccc(Oc3cccc(N)n3)cc2)n(C[C@H]2CC[C@H](C)CC2)c1=O. The molecule has 2 aromatic heterocycles. The predicted octanol–water partition coefficient (Wildman–Crippen LogP) is 2.70. The summed E-state index contributed by atoms with van der Waals surface area (Å²) >= 11 is 0. The third kappa shape index (κ3) is 4.99. The molecule has 0 saturated heterocycles. The molecule has 9 heteroatoms. The molecule has 0 atom stereocenters. The molecule has 168 valence electrons. The minimum Gasteiger partial charge on any atom is -0.439 e. The van der Waals surface area contributed by atoms with Crippen LogP contribution >= 0.6 is 0 Å². The maximum Gasteiger partial charge on any atom is 0.334 e. The summed E-state index contributed by atoms with van der Waals surface area (Å²) in [6.07, 6.45) is 4.45. The highest BCUT2D eigenvalue weighted by Crippen LogP contribution is 2.28. The number of nitrogen functional groups attached to an aromatic ring is 1. The molecule has 1 aliphatic rings. The van der Waals surface area contributed by atoms with Crippen LogP contribution in [0.4, 0.5) is 11.5 Å². The molecule has 32 heavy (non-hydrogen) atoms. The Labute approximate surface area is 185 Å². The number of rotatable bonds is 5. The highest BCUT2D eigenvalue weighted by atomic mass is 16.5. The van der Waals surface area contributed by atoms with E-state index < -0.39 is 5.69 Å². The largest absolute Gasteiger partial charge is 0.439 e. The number of nitrogens with two attached hydrogens (primary N) is 1. The van der Waals surface area contributed by atoms with Crippen LogP contribution < -0.4 is 27.5 Å². The van der Waals surface area contributed by atoms with Crippen LogP contribution in [-0.4, -0.2) is 19.1 Å². The third-order valence-corrected chi connectivity index (χ3v) is 5.91. The normalized spacial score (nSPS) is 19.1. The highest BCUT2D eigenvalue weighted by molar-refractivity contribution is 5.42. The lowest BCUT2D eigenvalue weighted by atomic mass is 9.83. The minimum absolute atomic E-state index is 0.253. The Morgan fingerprint density at radius 3 is 2.53 bits per heavy atom. The number of ether oxygens (including phenoxy) is 1. The van der Waals surface area contributed by atoms with Gasteiger partial charge in [0.05, 0.1) is 5.69 Å². The number of anilines is 1. The maximum atomic E-state index is 12.8. The average molecular weight is 437 g/mol. The monoisotopic (exact) mass is 436 g/mol. The predicted molar refractivity (Wildman–Crippen MR) is 122 cm³/mol. The first kappa shape index (κ1) is 21.6. The molecule has 9 nitrogen and oxygen atoms in total. The molecule has 3 N–H and O–H groups in total. The van der Waals surface area contributed by atoms with E-state index in [1.807, 2.05) is 0 Å². The first-order valence-corrected chi connectivity index (χ1v) is 10.8. The van der Waals surface area contributed by atoms with E-state index in [0.717, 1.165) is 36.2 Å². The van der Waals surface area contributed by atoms with Crippen LogP contribution in [0.2, 0.25) is 0 Å². The van der Waals surface area contributed by atoms with Crippen molar-refractivity contribution in [1.29, 1.82) is 0 Å². The molecule has 0 spiro atoms. The third-order valence-electron chi connectivity index (χ3n) is 5.91. The van der Waals surface area contributed by atoms with E-state index in [2.05, 4.69) is 21.9 Å². The van der Waals surface area contributed by atoms with Crippen LogP contribution in [0.1, 0.15) is 32.6 Å². The van der Waals surface area contributed by atoms with Gasteiger partial charge in [0.15, 0.2) is 0 Å². The molecule has 0 amide bonds. The number of nitrogens with zero attached hydrogens (tertiary/aromatic N) is 4. The molecular formula is C23H28N6O3. The fraction of sp³-hybridized carbons (Fsp3) is 0.391. The van der Waals surface area contributed by atoms with Gasteiger partial charge in [0, 0.05) is 19.7 Å². The Kier molecular flexibility index (Phi) is 6.25. The lowest BCUT2D eigenvalue weighted by molar-refractivity contribution is 0.256. The summed E-state index contributed by atoms with van der Waals surface area (Å²) in [5.74, 6) is 2.46. The molecule has 1 aromatic carbocycles. The molecule has 4 rings (SSSR count). The summed E-state index contributed by atoms with van der Waals surface area (Å²) in [6, 6.07) is 12.2. The van der Waals surface area contributed by atoms with Crippen molar-refractivity contribution in [2.24, 2.45) is 23.9 Å². The Morgan fingerprint density at radius 2 is 1.84 bits per heavy atom. The lowest BCUT2D eigenvalue weighted by Crippen LogP contribution is -2.49. The van der Waals surface area contributed by atoms with Gasteiger partial charge in [-0.15, -0.1) is 0 Å². The summed E-state index contributed by atoms with van der Waals surface area (Å²) in [6.45, 7) is 2.80. The number of aromatic amines is 1. The summed E-state index contributed by atoms with van der Waals surface area (Å²) in [4.78, 5) is 36.5. The van der Waals surface area contributed by atoms with Crippen LogP contribution in [0.25, 0.3) is 0 Å². The number of hydrogen-bond acceptors (Lipinski definition) is 6. The van der Waals surface area contributed by atoms with Gasteiger partial charge in [-0.2, -0.15) is 4.98 Å². The van der Waals surface area contributed by atoms with Crippen molar-refractivity contribution in [2.75, 3.05) is 5.73 Å². The maximum absolute atomic E-state index is 12.8. The fourth-order valence-electron chi connectivity index (χ4n) is 3.95. The highest BCUT2D eigenvalue weighted by Gasteiger charge is 2.20. The van der Waals surface area contributed by atoms with Gasteiger partial charge in [-0.3, -0.25) is 9.55 Å². The zero-order valence-corrected chi connectivity index (χ0v) is 18.3. The van der Waals surface area contributed by atoms with E-state index in [1.54, 1.807) is 47.0 Å². The molecular weight excluding hydrogens is 408 g/mol.